The summed E-state index contributed by atoms with van der Waals surface area (Å²) >= 11 is 6.10. The van der Waals surface area contributed by atoms with Crippen molar-refractivity contribution in [2.45, 2.75) is 26.3 Å². The first-order chi connectivity index (χ1) is 9.10. The zero-order valence-corrected chi connectivity index (χ0v) is 11.9. The average Bonchev–Trinajstić information content (AvgIpc) is 2.39. The third-order valence-corrected chi connectivity index (χ3v) is 3.38. The molecule has 100 valence electrons. The second-order valence-electron chi connectivity index (χ2n) is 4.78. The van der Waals surface area contributed by atoms with Crippen LogP contribution >= 0.6 is 11.6 Å². The lowest BCUT2D eigenvalue weighted by Gasteiger charge is -2.10. The van der Waals surface area contributed by atoms with E-state index in [9.17, 15) is 0 Å². The minimum atomic E-state index is 0.433. The lowest BCUT2D eigenvalue weighted by molar-refractivity contribution is 0.482. The summed E-state index contributed by atoms with van der Waals surface area (Å²) in [5, 5.41) is 0.638. The van der Waals surface area contributed by atoms with Gasteiger partial charge in [0.05, 0.1) is 0 Å². The second kappa shape index (κ2) is 6.09. The molecule has 3 heteroatoms. The third-order valence-electron chi connectivity index (χ3n) is 3.03. The molecule has 0 amide bonds. The molecule has 2 aromatic carbocycles. The first kappa shape index (κ1) is 13.9. The molecule has 0 aromatic heterocycles. The Morgan fingerprint density at radius 2 is 1.68 bits per heavy atom. The van der Waals surface area contributed by atoms with Gasteiger partial charge in [-0.05, 0) is 41.3 Å². The van der Waals surface area contributed by atoms with E-state index in [0.717, 1.165) is 17.1 Å². The molecule has 2 N–H and O–H groups in total. The van der Waals surface area contributed by atoms with Crippen LogP contribution in [0.4, 0.5) is 0 Å². The summed E-state index contributed by atoms with van der Waals surface area (Å²) in [4.78, 5) is 0. The van der Waals surface area contributed by atoms with Gasteiger partial charge in [0, 0.05) is 11.6 Å². The molecule has 0 spiro atoms. The molecule has 19 heavy (non-hydrogen) atoms. The molecule has 0 saturated carbocycles. The maximum atomic E-state index is 6.10. The Hall–Kier alpha value is -1.51. The van der Waals surface area contributed by atoms with Crippen LogP contribution < -0.4 is 10.5 Å². The summed E-state index contributed by atoms with van der Waals surface area (Å²) in [6.07, 6.45) is 0. The molecule has 0 aliphatic carbocycles. The van der Waals surface area contributed by atoms with Gasteiger partial charge in [0.25, 0.3) is 0 Å². The third kappa shape index (κ3) is 3.49. The SMILES string of the molecule is CC(C)c1ccc(Oc2ccc(CN)c(Cl)c2)cc1. The first-order valence-electron chi connectivity index (χ1n) is 6.36. The zero-order chi connectivity index (χ0) is 13.8. The van der Waals surface area contributed by atoms with Crippen molar-refractivity contribution in [1.29, 1.82) is 0 Å². The normalized spacial score (nSPS) is 10.8. The fraction of sp³-hybridized carbons (Fsp3) is 0.250. The lowest BCUT2D eigenvalue weighted by Crippen LogP contribution is -1.97. The topological polar surface area (TPSA) is 35.2 Å². The smallest absolute Gasteiger partial charge is 0.128 e. The fourth-order valence-electron chi connectivity index (χ4n) is 1.81. The molecule has 2 rings (SSSR count). The molecule has 0 aliphatic rings. The Morgan fingerprint density at radius 1 is 1.05 bits per heavy atom. The van der Waals surface area contributed by atoms with E-state index in [4.69, 9.17) is 22.1 Å². The van der Waals surface area contributed by atoms with Gasteiger partial charge < -0.3 is 10.5 Å². The molecule has 2 aromatic rings. The summed E-state index contributed by atoms with van der Waals surface area (Å²) in [5.41, 5.74) is 7.79. The lowest BCUT2D eigenvalue weighted by atomic mass is 10.0. The monoisotopic (exact) mass is 275 g/mol. The van der Waals surface area contributed by atoms with Gasteiger partial charge in [-0.25, -0.2) is 0 Å². The van der Waals surface area contributed by atoms with Gasteiger partial charge >= 0.3 is 0 Å². The predicted octanol–water partition coefficient (Wildman–Crippen LogP) is 4.71. The summed E-state index contributed by atoms with van der Waals surface area (Å²) in [5.74, 6) is 2.05. The maximum Gasteiger partial charge on any atom is 0.128 e. The van der Waals surface area contributed by atoms with Crippen LogP contribution in [0.3, 0.4) is 0 Å². The number of halogens is 1. The molecule has 0 fully saturated rings. The predicted molar refractivity (Wildman–Crippen MR) is 79.9 cm³/mol. The van der Waals surface area contributed by atoms with Crippen molar-refractivity contribution < 1.29 is 4.74 Å². The van der Waals surface area contributed by atoms with E-state index in [0.29, 0.717) is 17.5 Å². The van der Waals surface area contributed by atoms with Crippen LogP contribution in [0, 0.1) is 0 Å². The van der Waals surface area contributed by atoms with Crippen LogP contribution in [0.2, 0.25) is 5.02 Å². The van der Waals surface area contributed by atoms with Gasteiger partial charge in [0.1, 0.15) is 11.5 Å². The van der Waals surface area contributed by atoms with Gasteiger partial charge in [-0.15, -0.1) is 0 Å². The molecule has 2 nitrogen and oxygen atoms in total. The highest BCUT2D eigenvalue weighted by Gasteiger charge is 2.03. The highest BCUT2D eigenvalue weighted by molar-refractivity contribution is 6.31. The minimum absolute atomic E-state index is 0.433. The number of nitrogens with two attached hydrogens (primary N) is 1. The van der Waals surface area contributed by atoms with E-state index in [-0.39, 0.29) is 0 Å². The maximum absolute atomic E-state index is 6.10. The Kier molecular flexibility index (Phi) is 4.46. The summed E-state index contributed by atoms with van der Waals surface area (Å²) < 4.78 is 5.77. The number of ether oxygens (including phenoxy) is 1. The summed E-state index contributed by atoms with van der Waals surface area (Å²) in [7, 11) is 0. The van der Waals surface area contributed by atoms with Crippen LogP contribution in [0.5, 0.6) is 11.5 Å². The average molecular weight is 276 g/mol. The van der Waals surface area contributed by atoms with Crippen molar-refractivity contribution in [1.82, 2.24) is 0 Å². The molecule has 0 aliphatic heterocycles. The molecule has 0 heterocycles. The van der Waals surface area contributed by atoms with Crippen molar-refractivity contribution in [2.75, 3.05) is 0 Å². The number of benzene rings is 2. The van der Waals surface area contributed by atoms with E-state index in [1.165, 1.54) is 5.56 Å². The van der Waals surface area contributed by atoms with Crippen LogP contribution in [-0.4, -0.2) is 0 Å². The summed E-state index contributed by atoms with van der Waals surface area (Å²) in [6, 6.07) is 13.7. The standard InChI is InChI=1S/C16H18ClNO/c1-11(2)12-3-6-14(7-4-12)19-15-8-5-13(10-18)16(17)9-15/h3-9,11H,10,18H2,1-2H3. The number of rotatable bonds is 4. The Labute approximate surface area is 119 Å². The van der Waals surface area contributed by atoms with E-state index < -0.39 is 0 Å². The quantitative estimate of drug-likeness (QED) is 0.877. The van der Waals surface area contributed by atoms with Crippen molar-refractivity contribution in [3.8, 4) is 11.5 Å². The van der Waals surface area contributed by atoms with Crippen LogP contribution in [0.1, 0.15) is 30.9 Å². The fourth-order valence-corrected chi connectivity index (χ4v) is 2.06. The molecule has 0 unspecified atom stereocenters. The van der Waals surface area contributed by atoms with Crippen molar-refractivity contribution in [2.24, 2.45) is 5.73 Å². The number of hydrogen-bond donors (Lipinski definition) is 1. The van der Waals surface area contributed by atoms with E-state index >= 15 is 0 Å². The van der Waals surface area contributed by atoms with Crippen LogP contribution in [0.15, 0.2) is 42.5 Å². The van der Waals surface area contributed by atoms with Gasteiger partial charge in [0.2, 0.25) is 0 Å². The molecular formula is C16H18ClNO. The molecule has 0 atom stereocenters. The first-order valence-corrected chi connectivity index (χ1v) is 6.74. The highest BCUT2D eigenvalue weighted by atomic mass is 35.5. The second-order valence-corrected chi connectivity index (χ2v) is 5.19. The van der Waals surface area contributed by atoms with Gasteiger partial charge in [-0.2, -0.15) is 0 Å². The van der Waals surface area contributed by atoms with Crippen molar-refractivity contribution in [3.63, 3.8) is 0 Å². The molecule has 0 saturated heterocycles. The molecule has 0 radical (unpaired) electrons. The Bertz CT molecular complexity index is 549. The van der Waals surface area contributed by atoms with E-state index in [1.54, 1.807) is 6.07 Å². The Morgan fingerprint density at radius 3 is 2.21 bits per heavy atom. The molecular weight excluding hydrogens is 258 g/mol. The summed E-state index contributed by atoms with van der Waals surface area (Å²) in [6.45, 7) is 4.77. The number of hydrogen-bond acceptors (Lipinski definition) is 2. The van der Waals surface area contributed by atoms with Gasteiger partial charge in [-0.1, -0.05) is 43.6 Å². The van der Waals surface area contributed by atoms with E-state index in [1.807, 2.05) is 24.3 Å². The van der Waals surface area contributed by atoms with Crippen LogP contribution in [-0.2, 0) is 6.54 Å². The Balaban J connectivity index is 2.14. The van der Waals surface area contributed by atoms with Crippen molar-refractivity contribution in [3.05, 3.63) is 58.6 Å². The minimum Gasteiger partial charge on any atom is -0.457 e. The van der Waals surface area contributed by atoms with E-state index in [2.05, 4.69) is 26.0 Å². The van der Waals surface area contributed by atoms with Gasteiger partial charge in [0.15, 0.2) is 0 Å². The van der Waals surface area contributed by atoms with Gasteiger partial charge in [-0.3, -0.25) is 0 Å². The van der Waals surface area contributed by atoms with Crippen LogP contribution in [0.25, 0.3) is 0 Å². The van der Waals surface area contributed by atoms with Crippen molar-refractivity contribution >= 4 is 11.6 Å². The zero-order valence-electron chi connectivity index (χ0n) is 11.2. The largest absolute Gasteiger partial charge is 0.457 e. The highest BCUT2D eigenvalue weighted by Crippen LogP contribution is 2.27. The molecule has 0 bridgehead atoms.